The first kappa shape index (κ1) is 13.1. The minimum absolute atomic E-state index is 0.283. The number of halogens is 1. The van der Waals surface area contributed by atoms with Crippen LogP contribution in [0.2, 0.25) is 0 Å². The lowest BCUT2D eigenvalue weighted by Crippen LogP contribution is -1.95. The molecule has 0 saturated carbocycles. The van der Waals surface area contributed by atoms with Gasteiger partial charge in [0.2, 0.25) is 4.96 Å². The van der Waals surface area contributed by atoms with Crippen molar-refractivity contribution in [1.82, 2.24) is 29.6 Å². The van der Waals surface area contributed by atoms with Crippen LogP contribution in [0.3, 0.4) is 0 Å². The molecule has 0 saturated heterocycles. The van der Waals surface area contributed by atoms with Crippen LogP contribution >= 0.6 is 11.3 Å². The van der Waals surface area contributed by atoms with E-state index in [-0.39, 0.29) is 5.82 Å². The van der Waals surface area contributed by atoms with Crippen molar-refractivity contribution >= 4 is 16.3 Å². The summed E-state index contributed by atoms with van der Waals surface area (Å²) in [5.74, 6) is 0.310. The number of aromatic nitrogens is 6. The lowest BCUT2D eigenvalue weighted by Gasteiger charge is -1.97. The van der Waals surface area contributed by atoms with Gasteiger partial charge < -0.3 is 0 Å². The monoisotopic (exact) mass is 314 g/mol. The van der Waals surface area contributed by atoms with Gasteiger partial charge in [-0.2, -0.15) is 14.7 Å². The summed E-state index contributed by atoms with van der Waals surface area (Å²) in [4.78, 5) is 0.688. The highest BCUT2D eigenvalue weighted by Gasteiger charge is 2.16. The van der Waals surface area contributed by atoms with E-state index in [2.05, 4.69) is 20.4 Å². The third-order valence-electron chi connectivity index (χ3n) is 3.31. The number of hydrogen-bond acceptors (Lipinski definition) is 5. The number of aryl methyl sites for hydroxylation is 2. The molecular formula is C14H11FN6S. The summed E-state index contributed by atoms with van der Waals surface area (Å²) in [6.07, 6.45) is 0. The molecule has 0 spiro atoms. The maximum absolute atomic E-state index is 13.0. The highest BCUT2D eigenvalue weighted by atomic mass is 32.1. The molecule has 3 heterocycles. The molecule has 0 unspecified atom stereocenters. The summed E-state index contributed by atoms with van der Waals surface area (Å²) in [6, 6.07) is 8.10. The number of fused-ring (bicyclic) bond motifs is 1. The molecule has 0 aliphatic heterocycles. The maximum Gasteiger partial charge on any atom is 0.235 e. The van der Waals surface area contributed by atoms with E-state index in [1.807, 2.05) is 20.0 Å². The number of hydrogen-bond donors (Lipinski definition) is 0. The first-order valence-corrected chi connectivity index (χ1v) is 7.42. The molecular weight excluding hydrogens is 303 g/mol. The largest absolute Gasteiger partial charge is 0.265 e. The van der Waals surface area contributed by atoms with Gasteiger partial charge in [-0.25, -0.2) is 4.39 Å². The Kier molecular flexibility index (Phi) is 2.80. The van der Waals surface area contributed by atoms with E-state index in [9.17, 15) is 4.39 Å². The van der Waals surface area contributed by atoms with E-state index in [1.165, 1.54) is 23.5 Å². The van der Waals surface area contributed by atoms with E-state index in [1.54, 1.807) is 21.3 Å². The zero-order chi connectivity index (χ0) is 15.3. The van der Waals surface area contributed by atoms with Gasteiger partial charge >= 0.3 is 0 Å². The molecule has 0 N–H and O–H groups in total. The van der Waals surface area contributed by atoms with Crippen LogP contribution in [0.5, 0.6) is 0 Å². The predicted molar refractivity (Wildman–Crippen MR) is 81.0 cm³/mol. The second-order valence-corrected chi connectivity index (χ2v) is 5.88. The summed E-state index contributed by atoms with van der Waals surface area (Å²) < 4.78 is 16.5. The molecule has 3 aromatic heterocycles. The second-order valence-electron chi connectivity index (χ2n) is 4.93. The van der Waals surface area contributed by atoms with E-state index in [0.29, 0.717) is 10.8 Å². The van der Waals surface area contributed by atoms with Crippen molar-refractivity contribution in [2.24, 2.45) is 7.05 Å². The highest BCUT2D eigenvalue weighted by Crippen LogP contribution is 2.28. The van der Waals surface area contributed by atoms with Gasteiger partial charge in [0, 0.05) is 12.6 Å². The van der Waals surface area contributed by atoms with E-state index < -0.39 is 0 Å². The Labute approximate surface area is 128 Å². The van der Waals surface area contributed by atoms with Crippen molar-refractivity contribution < 1.29 is 4.39 Å². The minimum atomic E-state index is -0.283. The molecule has 0 radical (unpaired) electrons. The van der Waals surface area contributed by atoms with Gasteiger partial charge in [0.05, 0.1) is 11.4 Å². The fourth-order valence-corrected chi connectivity index (χ4v) is 3.20. The Morgan fingerprint density at radius 3 is 2.55 bits per heavy atom. The Hall–Kier alpha value is -2.61. The van der Waals surface area contributed by atoms with Gasteiger partial charge in [-0.3, -0.25) is 4.68 Å². The quantitative estimate of drug-likeness (QED) is 0.571. The Balaban J connectivity index is 1.86. The second kappa shape index (κ2) is 4.70. The lowest BCUT2D eigenvalue weighted by atomic mass is 10.2. The number of rotatable bonds is 2. The van der Waals surface area contributed by atoms with Gasteiger partial charge in [0.15, 0.2) is 10.8 Å². The minimum Gasteiger partial charge on any atom is -0.265 e. The van der Waals surface area contributed by atoms with E-state index in [0.717, 1.165) is 22.0 Å². The average Bonchev–Trinajstić information content (AvgIpc) is 3.13. The predicted octanol–water partition coefficient (Wildman–Crippen LogP) is 2.70. The van der Waals surface area contributed by atoms with Crippen molar-refractivity contribution in [2.45, 2.75) is 6.92 Å². The highest BCUT2D eigenvalue weighted by molar-refractivity contribution is 7.19. The van der Waals surface area contributed by atoms with Crippen molar-refractivity contribution in [3.63, 3.8) is 0 Å². The zero-order valence-corrected chi connectivity index (χ0v) is 12.7. The third-order valence-corrected chi connectivity index (χ3v) is 4.24. The van der Waals surface area contributed by atoms with Crippen LogP contribution in [-0.2, 0) is 7.05 Å². The molecule has 6 nitrogen and oxygen atoms in total. The van der Waals surface area contributed by atoms with E-state index >= 15 is 0 Å². The van der Waals surface area contributed by atoms with Crippen LogP contribution in [-0.4, -0.2) is 29.6 Å². The van der Waals surface area contributed by atoms with Crippen LogP contribution in [0.15, 0.2) is 30.3 Å². The van der Waals surface area contributed by atoms with Crippen LogP contribution in [0.4, 0.5) is 4.39 Å². The van der Waals surface area contributed by atoms with Gasteiger partial charge in [-0.1, -0.05) is 11.3 Å². The molecule has 0 fully saturated rings. The summed E-state index contributed by atoms with van der Waals surface area (Å²) in [5.41, 5.74) is 2.63. The van der Waals surface area contributed by atoms with Crippen LogP contribution in [0.25, 0.3) is 27.1 Å². The summed E-state index contributed by atoms with van der Waals surface area (Å²) in [5, 5.41) is 18.0. The SMILES string of the molecule is Cc1cc(-c2nn3c(-c4ccc(F)cc4)nnc3s2)n(C)n1. The fourth-order valence-electron chi connectivity index (χ4n) is 2.31. The van der Waals surface area contributed by atoms with Crippen molar-refractivity contribution in [2.75, 3.05) is 0 Å². The molecule has 0 aliphatic carbocycles. The molecule has 1 aromatic carbocycles. The average molecular weight is 314 g/mol. The molecule has 0 aliphatic rings. The number of benzene rings is 1. The fraction of sp³-hybridized carbons (Fsp3) is 0.143. The van der Waals surface area contributed by atoms with Crippen LogP contribution in [0, 0.1) is 12.7 Å². The zero-order valence-electron chi connectivity index (χ0n) is 11.9. The molecule has 22 heavy (non-hydrogen) atoms. The first-order chi connectivity index (χ1) is 10.6. The van der Waals surface area contributed by atoms with Crippen LogP contribution < -0.4 is 0 Å². The Morgan fingerprint density at radius 2 is 1.86 bits per heavy atom. The smallest absolute Gasteiger partial charge is 0.235 e. The van der Waals surface area contributed by atoms with Crippen LogP contribution in [0.1, 0.15) is 5.69 Å². The van der Waals surface area contributed by atoms with Crippen molar-refractivity contribution in [1.29, 1.82) is 0 Å². The van der Waals surface area contributed by atoms with Gasteiger partial charge in [0.1, 0.15) is 5.82 Å². The number of nitrogens with zero attached hydrogens (tertiary/aromatic N) is 6. The maximum atomic E-state index is 13.0. The summed E-state index contributed by atoms with van der Waals surface area (Å²) >= 11 is 1.44. The molecule has 8 heteroatoms. The summed E-state index contributed by atoms with van der Waals surface area (Å²) in [6.45, 7) is 1.94. The third kappa shape index (κ3) is 2.00. The Bertz CT molecular complexity index is 965. The molecule has 0 bridgehead atoms. The first-order valence-electron chi connectivity index (χ1n) is 6.61. The lowest BCUT2D eigenvalue weighted by molar-refractivity contribution is 0.628. The summed E-state index contributed by atoms with van der Waals surface area (Å²) in [7, 11) is 1.88. The van der Waals surface area contributed by atoms with Gasteiger partial charge in [0.25, 0.3) is 0 Å². The Morgan fingerprint density at radius 1 is 1.09 bits per heavy atom. The molecule has 4 aromatic rings. The van der Waals surface area contributed by atoms with Crippen molar-refractivity contribution in [3.8, 4) is 22.1 Å². The van der Waals surface area contributed by atoms with E-state index in [4.69, 9.17) is 0 Å². The normalized spacial score (nSPS) is 11.4. The topological polar surface area (TPSA) is 60.9 Å². The standard InChI is InChI=1S/C14H11FN6S/c1-8-7-11(20(2)18-8)13-19-21-12(16-17-14(21)22-13)9-3-5-10(15)6-4-9/h3-7H,1-2H3. The van der Waals surface area contributed by atoms with Gasteiger partial charge in [-0.15, -0.1) is 10.2 Å². The van der Waals surface area contributed by atoms with Crippen molar-refractivity contribution in [3.05, 3.63) is 41.8 Å². The molecule has 0 amide bonds. The molecule has 4 rings (SSSR count). The molecule has 110 valence electrons. The molecule has 0 atom stereocenters. The van der Waals surface area contributed by atoms with Gasteiger partial charge in [-0.05, 0) is 37.3 Å².